The van der Waals surface area contributed by atoms with E-state index in [0.29, 0.717) is 6.10 Å². The first kappa shape index (κ1) is 4.42. The van der Waals surface area contributed by atoms with Gasteiger partial charge in [0.2, 0.25) is 0 Å². The third-order valence-electron chi connectivity index (χ3n) is 2.00. The highest BCUT2D eigenvalue weighted by atomic mass is 16.5. The molecule has 0 saturated heterocycles. The summed E-state index contributed by atoms with van der Waals surface area (Å²) in [5, 5.41) is 0. The van der Waals surface area contributed by atoms with Crippen molar-refractivity contribution in [2.45, 2.75) is 31.8 Å². The maximum atomic E-state index is 5.31. The summed E-state index contributed by atoms with van der Waals surface area (Å²) in [5.74, 6) is 0. The molecule has 8 heavy (non-hydrogen) atoms. The van der Waals surface area contributed by atoms with E-state index in [9.17, 15) is 0 Å². The molecule has 1 aliphatic carbocycles. The van der Waals surface area contributed by atoms with Crippen molar-refractivity contribution in [1.82, 2.24) is 0 Å². The molecule has 2 bridgehead atoms. The van der Waals surface area contributed by atoms with Gasteiger partial charge in [-0.1, -0.05) is 0 Å². The van der Waals surface area contributed by atoms with Crippen LogP contribution in [0.1, 0.15) is 25.7 Å². The van der Waals surface area contributed by atoms with Gasteiger partial charge in [-0.3, -0.25) is 0 Å². The van der Waals surface area contributed by atoms with Crippen LogP contribution in [0.5, 0.6) is 0 Å². The van der Waals surface area contributed by atoms with Crippen molar-refractivity contribution in [3.05, 3.63) is 11.8 Å². The largest absolute Gasteiger partial charge is 0.498 e. The van der Waals surface area contributed by atoms with E-state index in [1.807, 2.05) is 6.26 Å². The first-order valence-corrected chi connectivity index (χ1v) is 3.28. The van der Waals surface area contributed by atoms with E-state index in [1.54, 1.807) is 0 Å². The SMILES string of the molecule is C1=C2CCC(CC2)O1. The van der Waals surface area contributed by atoms with Gasteiger partial charge in [-0.2, -0.15) is 0 Å². The highest BCUT2D eigenvalue weighted by Gasteiger charge is 2.21. The average molecular weight is 110 g/mol. The molecule has 0 aromatic heterocycles. The van der Waals surface area contributed by atoms with E-state index in [2.05, 4.69) is 0 Å². The summed E-state index contributed by atoms with van der Waals surface area (Å²) in [6.45, 7) is 0. The monoisotopic (exact) mass is 110 g/mol. The van der Waals surface area contributed by atoms with E-state index in [1.165, 1.54) is 31.3 Å². The average Bonchev–Trinajstić information content (AvgIpc) is 1.92. The minimum atomic E-state index is 0.576. The molecule has 1 fully saturated rings. The molecule has 3 aliphatic rings. The van der Waals surface area contributed by atoms with Crippen molar-refractivity contribution in [2.75, 3.05) is 0 Å². The van der Waals surface area contributed by atoms with Gasteiger partial charge in [-0.25, -0.2) is 0 Å². The molecule has 0 unspecified atom stereocenters. The minimum absolute atomic E-state index is 0.576. The Morgan fingerprint density at radius 2 is 2.12 bits per heavy atom. The van der Waals surface area contributed by atoms with Crippen molar-refractivity contribution in [3.8, 4) is 0 Å². The van der Waals surface area contributed by atoms with Gasteiger partial charge >= 0.3 is 0 Å². The van der Waals surface area contributed by atoms with Crippen LogP contribution in [0.15, 0.2) is 11.8 Å². The molecule has 44 valence electrons. The molecule has 0 atom stereocenters. The number of allylic oxidation sites excluding steroid dienone is 1. The van der Waals surface area contributed by atoms with E-state index >= 15 is 0 Å². The highest BCUT2D eigenvalue weighted by molar-refractivity contribution is 5.06. The van der Waals surface area contributed by atoms with Gasteiger partial charge in [0.25, 0.3) is 0 Å². The first-order valence-electron chi connectivity index (χ1n) is 3.28. The van der Waals surface area contributed by atoms with Crippen LogP contribution in [0, 0.1) is 0 Å². The fourth-order valence-electron chi connectivity index (χ4n) is 1.41. The normalized spacial score (nSPS) is 27.2. The topological polar surface area (TPSA) is 9.23 Å². The summed E-state index contributed by atoms with van der Waals surface area (Å²) in [5.41, 5.74) is 1.52. The maximum Gasteiger partial charge on any atom is 0.0984 e. The van der Waals surface area contributed by atoms with Gasteiger partial charge in [-0.05, 0) is 31.3 Å². The second kappa shape index (κ2) is 1.51. The smallest absolute Gasteiger partial charge is 0.0984 e. The molecule has 1 nitrogen and oxygen atoms in total. The lowest BCUT2D eigenvalue weighted by Gasteiger charge is -2.29. The van der Waals surface area contributed by atoms with Crippen molar-refractivity contribution in [3.63, 3.8) is 0 Å². The molecule has 1 saturated carbocycles. The molecule has 0 aromatic rings. The van der Waals surface area contributed by atoms with Crippen LogP contribution in [-0.4, -0.2) is 6.10 Å². The van der Waals surface area contributed by atoms with Crippen LogP contribution >= 0.6 is 0 Å². The molecule has 2 heterocycles. The van der Waals surface area contributed by atoms with Crippen LogP contribution in [-0.2, 0) is 4.74 Å². The number of hydrogen-bond acceptors (Lipinski definition) is 1. The molecule has 0 aromatic carbocycles. The molecular weight excluding hydrogens is 100 g/mol. The predicted molar refractivity (Wildman–Crippen MR) is 31.4 cm³/mol. The molecule has 0 N–H and O–H groups in total. The Kier molecular flexibility index (Phi) is 0.833. The van der Waals surface area contributed by atoms with Gasteiger partial charge in [0.05, 0.1) is 12.4 Å². The van der Waals surface area contributed by atoms with Crippen LogP contribution < -0.4 is 0 Å². The van der Waals surface area contributed by atoms with Crippen molar-refractivity contribution < 1.29 is 4.74 Å². The lowest BCUT2D eigenvalue weighted by Crippen LogP contribution is -2.20. The molecule has 2 aliphatic heterocycles. The summed E-state index contributed by atoms with van der Waals surface area (Å²) in [4.78, 5) is 0. The molecule has 0 spiro atoms. The zero-order chi connectivity index (χ0) is 5.40. The zero-order valence-electron chi connectivity index (χ0n) is 4.89. The Hall–Kier alpha value is -0.460. The van der Waals surface area contributed by atoms with E-state index in [4.69, 9.17) is 4.74 Å². The number of ether oxygens (including phenoxy) is 1. The Morgan fingerprint density at radius 1 is 1.38 bits per heavy atom. The van der Waals surface area contributed by atoms with Crippen molar-refractivity contribution in [1.29, 1.82) is 0 Å². The standard InChI is InChI=1S/C7H10O/c1-3-7-4-2-6(1)5-8-7/h5,7H,1-4H2. The Bertz CT molecular complexity index is 116. The Labute approximate surface area is 49.3 Å². The zero-order valence-corrected chi connectivity index (χ0v) is 4.89. The Morgan fingerprint density at radius 3 is 2.25 bits per heavy atom. The van der Waals surface area contributed by atoms with Gasteiger partial charge in [-0.15, -0.1) is 0 Å². The number of hydrogen-bond donors (Lipinski definition) is 0. The maximum absolute atomic E-state index is 5.31. The van der Waals surface area contributed by atoms with Gasteiger partial charge < -0.3 is 4.74 Å². The lowest BCUT2D eigenvalue weighted by molar-refractivity contribution is 0.0890. The Balaban J connectivity index is 2.22. The van der Waals surface area contributed by atoms with E-state index in [-0.39, 0.29) is 0 Å². The molecule has 1 heteroatoms. The second-order valence-corrected chi connectivity index (χ2v) is 2.61. The van der Waals surface area contributed by atoms with Crippen LogP contribution in [0.4, 0.5) is 0 Å². The molecular formula is C7H10O. The van der Waals surface area contributed by atoms with E-state index in [0.717, 1.165) is 0 Å². The van der Waals surface area contributed by atoms with Crippen LogP contribution in [0.2, 0.25) is 0 Å². The first-order chi connectivity index (χ1) is 3.95. The third kappa shape index (κ3) is 0.540. The fourth-order valence-corrected chi connectivity index (χ4v) is 1.41. The highest BCUT2D eigenvalue weighted by Crippen LogP contribution is 2.30. The van der Waals surface area contributed by atoms with Crippen molar-refractivity contribution in [2.24, 2.45) is 0 Å². The summed E-state index contributed by atoms with van der Waals surface area (Å²) in [6.07, 6.45) is 7.66. The summed E-state index contributed by atoms with van der Waals surface area (Å²) < 4.78 is 5.31. The summed E-state index contributed by atoms with van der Waals surface area (Å²) >= 11 is 0. The molecule has 0 amide bonds. The quantitative estimate of drug-likeness (QED) is 0.462. The second-order valence-electron chi connectivity index (χ2n) is 2.61. The van der Waals surface area contributed by atoms with Crippen molar-refractivity contribution >= 4 is 0 Å². The molecule has 0 radical (unpaired) electrons. The minimum Gasteiger partial charge on any atom is -0.498 e. The van der Waals surface area contributed by atoms with Gasteiger partial charge in [0, 0.05) is 0 Å². The fraction of sp³-hybridized carbons (Fsp3) is 0.714. The van der Waals surface area contributed by atoms with Crippen LogP contribution in [0.3, 0.4) is 0 Å². The van der Waals surface area contributed by atoms with Gasteiger partial charge in [0.1, 0.15) is 0 Å². The van der Waals surface area contributed by atoms with E-state index < -0.39 is 0 Å². The lowest BCUT2D eigenvalue weighted by atomic mass is 9.91. The summed E-state index contributed by atoms with van der Waals surface area (Å²) in [7, 11) is 0. The third-order valence-corrected chi connectivity index (χ3v) is 2.00. The predicted octanol–water partition coefficient (Wildman–Crippen LogP) is 1.84. The number of rotatable bonds is 0. The number of fused-ring (bicyclic) bond motifs is 3. The van der Waals surface area contributed by atoms with Gasteiger partial charge in [0.15, 0.2) is 0 Å². The molecule has 3 rings (SSSR count). The summed E-state index contributed by atoms with van der Waals surface area (Å²) in [6, 6.07) is 0. The van der Waals surface area contributed by atoms with Crippen LogP contribution in [0.25, 0.3) is 0 Å².